The van der Waals surface area contributed by atoms with Gasteiger partial charge in [-0.25, -0.2) is 8.42 Å². The van der Waals surface area contributed by atoms with E-state index in [-0.39, 0.29) is 5.75 Å². The first-order valence-electron chi connectivity index (χ1n) is 8.88. The smallest absolute Gasteiger partial charge is 0.232 e. The van der Waals surface area contributed by atoms with Crippen molar-refractivity contribution in [2.45, 2.75) is 19.4 Å². The number of aryl methyl sites for hydroxylation is 1. The van der Waals surface area contributed by atoms with Crippen LogP contribution in [0.1, 0.15) is 17.5 Å². The standard InChI is InChI=1S/C21H23N3O2S/c25-27(26,16-4-7-18-5-2-1-3-6-18)24-21-10-8-20(9-11-21)23-17-19-12-14-22-15-13-19/h1-3,5-6,8-15,23-24H,4,7,16-17H2. The van der Waals surface area contributed by atoms with Gasteiger partial charge in [-0.15, -0.1) is 0 Å². The molecule has 5 nitrogen and oxygen atoms in total. The first-order chi connectivity index (χ1) is 13.1. The molecule has 0 amide bonds. The Morgan fingerprint density at radius 3 is 2.15 bits per heavy atom. The lowest BCUT2D eigenvalue weighted by atomic mass is 10.1. The minimum Gasteiger partial charge on any atom is -0.381 e. The summed E-state index contributed by atoms with van der Waals surface area (Å²) < 4.78 is 27.1. The number of anilines is 2. The molecule has 0 saturated heterocycles. The maximum atomic E-state index is 12.3. The Hall–Kier alpha value is -2.86. The maximum Gasteiger partial charge on any atom is 0.232 e. The SMILES string of the molecule is O=S(=O)(CCCc1ccccc1)Nc1ccc(NCc2ccncc2)cc1. The molecule has 2 aromatic carbocycles. The molecule has 0 radical (unpaired) electrons. The zero-order chi connectivity index (χ0) is 19.0. The fourth-order valence-corrected chi connectivity index (χ4v) is 3.82. The van der Waals surface area contributed by atoms with Gasteiger partial charge in [0, 0.05) is 30.3 Å². The molecule has 0 atom stereocenters. The van der Waals surface area contributed by atoms with E-state index in [4.69, 9.17) is 0 Å². The van der Waals surface area contributed by atoms with Gasteiger partial charge < -0.3 is 5.32 Å². The lowest BCUT2D eigenvalue weighted by Crippen LogP contribution is -2.17. The highest BCUT2D eigenvalue weighted by molar-refractivity contribution is 7.92. The number of benzene rings is 2. The van der Waals surface area contributed by atoms with Crippen LogP contribution in [0.25, 0.3) is 0 Å². The van der Waals surface area contributed by atoms with E-state index in [1.165, 1.54) is 0 Å². The van der Waals surface area contributed by atoms with Crippen LogP contribution in [-0.2, 0) is 23.0 Å². The molecule has 0 saturated carbocycles. The number of nitrogens with one attached hydrogen (secondary N) is 2. The third-order valence-electron chi connectivity index (χ3n) is 4.13. The summed E-state index contributed by atoms with van der Waals surface area (Å²) in [5.41, 5.74) is 3.79. The van der Waals surface area contributed by atoms with E-state index in [9.17, 15) is 8.42 Å². The molecular weight excluding hydrogens is 358 g/mol. The molecule has 1 heterocycles. The van der Waals surface area contributed by atoms with Crippen molar-refractivity contribution in [3.63, 3.8) is 0 Å². The van der Waals surface area contributed by atoms with Gasteiger partial charge in [-0.2, -0.15) is 0 Å². The summed E-state index contributed by atoms with van der Waals surface area (Å²) in [5, 5.41) is 3.30. The summed E-state index contributed by atoms with van der Waals surface area (Å²) in [6.45, 7) is 0.688. The van der Waals surface area contributed by atoms with Crippen LogP contribution in [-0.4, -0.2) is 19.2 Å². The van der Waals surface area contributed by atoms with Gasteiger partial charge in [0.1, 0.15) is 0 Å². The third-order valence-corrected chi connectivity index (χ3v) is 5.50. The Morgan fingerprint density at radius 1 is 0.778 bits per heavy atom. The second kappa shape index (κ2) is 9.19. The van der Waals surface area contributed by atoms with Crippen LogP contribution in [0.3, 0.4) is 0 Å². The Bertz CT molecular complexity index is 928. The minimum atomic E-state index is -3.35. The summed E-state index contributed by atoms with van der Waals surface area (Å²) in [6.07, 6.45) is 4.85. The van der Waals surface area contributed by atoms with Crippen molar-refractivity contribution in [3.05, 3.63) is 90.3 Å². The number of nitrogens with zero attached hydrogens (tertiary/aromatic N) is 1. The molecule has 140 valence electrons. The monoisotopic (exact) mass is 381 g/mol. The van der Waals surface area contributed by atoms with Gasteiger partial charge in [0.2, 0.25) is 10.0 Å². The molecule has 6 heteroatoms. The lowest BCUT2D eigenvalue weighted by Gasteiger charge is -2.10. The highest BCUT2D eigenvalue weighted by Gasteiger charge is 2.10. The number of sulfonamides is 1. The second-order valence-electron chi connectivity index (χ2n) is 6.30. The van der Waals surface area contributed by atoms with Crippen molar-refractivity contribution < 1.29 is 8.42 Å². The molecule has 0 bridgehead atoms. The van der Waals surface area contributed by atoms with Gasteiger partial charge >= 0.3 is 0 Å². The van der Waals surface area contributed by atoms with Crippen LogP contribution < -0.4 is 10.0 Å². The number of aromatic nitrogens is 1. The summed E-state index contributed by atoms with van der Waals surface area (Å²) in [5.74, 6) is 0.101. The van der Waals surface area contributed by atoms with Gasteiger partial charge in [-0.1, -0.05) is 30.3 Å². The molecule has 0 unspecified atom stereocenters. The van der Waals surface area contributed by atoms with Crippen LogP contribution in [0.2, 0.25) is 0 Å². The second-order valence-corrected chi connectivity index (χ2v) is 8.14. The van der Waals surface area contributed by atoms with E-state index in [1.807, 2.05) is 54.6 Å². The first kappa shape index (κ1) is 18.9. The number of pyridine rings is 1. The van der Waals surface area contributed by atoms with Crippen LogP contribution in [0.5, 0.6) is 0 Å². The van der Waals surface area contributed by atoms with Crippen LogP contribution in [0.4, 0.5) is 11.4 Å². The van der Waals surface area contributed by atoms with Crippen LogP contribution in [0, 0.1) is 0 Å². The summed E-state index contributed by atoms with van der Waals surface area (Å²) in [4.78, 5) is 3.99. The molecule has 3 rings (SSSR count). The van der Waals surface area contributed by atoms with Crippen molar-refractivity contribution in [2.75, 3.05) is 15.8 Å². The molecule has 1 aromatic heterocycles. The maximum absolute atomic E-state index is 12.3. The summed E-state index contributed by atoms with van der Waals surface area (Å²) in [6, 6.07) is 21.1. The van der Waals surface area contributed by atoms with Gasteiger partial charge in [0.05, 0.1) is 5.75 Å². The Kier molecular flexibility index (Phi) is 6.44. The fraction of sp³-hybridized carbons (Fsp3) is 0.190. The average molecular weight is 382 g/mol. The molecule has 0 spiro atoms. The first-order valence-corrected chi connectivity index (χ1v) is 10.5. The molecule has 2 N–H and O–H groups in total. The van der Waals surface area contributed by atoms with E-state index in [0.29, 0.717) is 18.7 Å². The summed E-state index contributed by atoms with van der Waals surface area (Å²) >= 11 is 0. The summed E-state index contributed by atoms with van der Waals surface area (Å²) in [7, 11) is -3.35. The third kappa shape index (κ3) is 6.42. The molecule has 0 aliphatic heterocycles. The van der Waals surface area contributed by atoms with Crippen LogP contribution in [0.15, 0.2) is 79.1 Å². The number of hydrogen-bond donors (Lipinski definition) is 2. The topological polar surface area (TPSA) is 71.1 Å². The number of hydrogen-bond acceptors (Lipinski definition) is 4. The van der Waals surface area contributed by atoms with Gasteiger partial charge in [-0.3, -0.25) is 9.71 Å². The van der Waals surface area contributed by atoms with Crippen molar-refractivity contribution in [2.24, 2.45) is 0 Å². The predicted molar refractivity (Wildman–Crippen MR) is 110 cm³/mol. The Morgan fingerprint density at radius 2 is 1.44 bits per heavy atom. The predicted octanol–water partition coefficient (Wildman–Crippen LogP) is 4.07. The Labute approximate surface area is 160 Å². The molecule has 0 fully saturated rings. The zero-order valence-electron chi connectivity index (χ0n) is 15.0. The average Bonchev–Trinajstić information content (AvgIpc) is 2.69. The highest BCUT2D eigenvalue weighted by atomic mass is 32.2. The largest absolute Gasteiger partial charge is 0.381 e. The van der Waals surface area contributed by atoms with Crippen LogP contribution >= 0.6 is 0 Å². The quantitative estimate of drug-likeness (QED) is 0.586. The molecule has 0 aliphatic carbocycles. The van der Waals surface area contributed by atoms with E-state index in [0.717, 1.165) is 23.2 Å². The zero-order valence-corrected chi connectivity index (χ0v) is 15.8. The number of rotatable bonds is 9. The van der Waals surface area contributed by atoms with E-state index >= 15 is 0 Å². The van der Waals surface area contributed by atoms with Crippen molar-refractivity contribution >= 4 is 21.4 Å². The molecule has 0 aliphatic rings. The van der Waals surface area contributed by atoms with Gasteiger partial charge in [0.15, 0.2) is 0 Å². The normalized spacial score (nSPS) is 11.1. The minimum absolute atomic E-state index is 0.101. The molecule has 27 heavy (non-hydrogen) atoms. The molecular formula is C21H23N3O2S. The van der Waals surface area contributed by atoms with Gasteiger partial charge in [-0.05, 0) is 60.4 Å². The van der Waals surface area contributed by atoms with Crippen molar-refractivity contribution in [1.82, 2.24) is 4.98 Å². The van der Waals surface area contributed by atoms with Crippen molar-refractivity contribution in [3.8, 4) is 0 Å². The van der Waals surface area contributed by atoms with E-state index in [2.05, 4.69) is 15.0 Å². The Balaban J connectivity index is 1.47. The highest BCUT2D eigenvalue weighted by Crippen LogP contribution is 2.16. The van der Waals surface area contributed by atoms with E-state index in [1.54, 1.807) is 24.5 Å². The lowest BCUT2D eigenvalue weighted by molar-refractivity contribution is 0.598. The fourth-order valence-electron chi connectivity index (χ4n) is 2.70. The molecule has 3 aromatic rings. The van der Waals surface area contributed by atoms with Gasteiger partial charge in [0.25, 0.3) is 0 Å². The van der Waals surface area contributed by atoms with E-state index < -0.39 is 10.0 Å². The van der Waals surface area contributed by atoms with Crippen molar-refractivity contribution in [1.29, 1.82) is 0 Å².